The van der Waals surface area contributed by atoms with Crippen LogP contribution in [0.15, 0.2) is 54.6 Å². The summed E-state index contributed by atoms with van der Waals surface area (Å²) in [5.41, 5.74) is 2.23. The molecule has 1 atom stereocenters. The van der Waals surface area contributed by atoms with E-state index < -0.39 is 5.54 Å². The number of anilines is 2. The predicted molar refractivity (Wildman–Crippen MR) is 160 cm³/mol. The summed E-state index contributed by atoms with van der Waals surface area (Å²) in [6.07, 6.45) is 6.27. The minimum absolute atomic E-state index is 0.0000713. The number of hydrogen-bond donors (Lipinski definition) is 2. The zero-order chi connectivity index (χ0) is 27.5. The fourth-order valence-electron chi connectivity index (χ4n) is 6.50. The average molecular weight is 562 g/mol. The van der Waals surface area contributed by atoms with Gasteiger partial charge in [0.15, 0.2) is 5.11 Å². The molecule has 2 saturated heterocycles. The molecule has 9 heteroatoms. The van der Waals surface area contributed by atoms with Crippen molar-refractivity contribution in [3.8, 4) is 0 Å². The molecule has 2 aliphatic carbocycles. The normalized spacial score (nSPS) is 22.5. The number of carbonyl (C=O) groups is 2. The molecule has 0 radical (unpaired) electrons. The first-order valence-electron chi connectivity index (χ1n) is 14.7. The van der Waals surface area contributed by atoms with E-state index in [0.717, 1.165) is 75.3 Å². The van der Waals surface area contributed by atoms with Crippen LogP contribution in [-0.4, -0.2) is 77.7 Å². The lowest BCUT2D eigenvalue weighted by Gasteiger charge is -2.46. The van der Waals surface area contributed by atoms with Crippen molar-refractivity contribution in [1.29, 1.82) is 0 Å². The Labute approximate surface area is 242 Å². The van der Waals surface area contributed by atoms with Crippen molar-refractivity contribution in [3.05, 3.63) is 60.2 Å². The smallest absolute Gasteiger partial charge is 0.250 e. The van der Waals surface area contributed by atoms with Crippen LogP contribution in [0.1, 0.15) is 56.6 Å². The zero-order valence-electron chi connectivity index (χ0n) is 23.0. The Morgan fingerprint density at radius 2 is 1.70 bits per heavy atom. The molecule has 4 fully saturated rings. The molecule has 2 saturated carbocycles. The molecule has 212 valence electrons. The van der Waals surface area contributed by atoms with Gasteiger partial charge in [0.05, 0.1) is 25.8 Å². The molecule has 2 amide bonds. The summed E-state index contributed by atoms with van der Waals surface area (Å²) in [5, 5.41) is 7.18. The molecule has 2 aromatic rings. The van der Waals surface area contributed by atoms with Gasteiger partial charge in [-0.3, -0.25) is 9.59 Å². The van der Waals surface area contributed by atoms with Gasteiger partial charge in [-0.1, -0.05) is 49.6 Å². The van der Waals surface area contributed by atoms with E-state index in [4.69, 9.17) is 17.0 Å². The molecule has 0 spiro atoms. The lowest BCUT2D eigenvalue weighted by molar-refractivity contribution is -0.149. The van der Waals surface area contributed by atoms with Gasteiger partial charge in [0.25, 0.3) is 0 Å². The van der Waals surface area contributed by atoms with Crippen LogP contribution in [-0.2, 0) is 14.3 Å². The number of amides is 2. The maximum absolute atomic E-state index is 14.1. The van der Waals surface area contributed by atoms with Gasteiger partial charge in [0.1, 0.15) is 5.54 Å². The van der Waals surface area contributed by atoms with Gasteiger partial charge in [-0.05, 0) is 67.7 Å². The SMILES string of the molecule is O=C(CN1C[C@H](c2ccccc2)NC1=S)N(C1CC1)C1(C(=O)Nc2ccc(N3CCOCC3)cc2)CCCCC1. The Morgan fingerprint density at radius 1 is 1.00 bits per heavy atom. The van der Waals surface area contributed by atoms with Crippen LogP contribution < -0.4 is 15.5 Å². The Morgan fingerprint density at radius 3 is 2.38 bits per heavy atom. The van der Waals surface area contributed by atoms with E-state index in [-0.39, 0.29) is 30.4 Å². The Kier molecular flexibility index (Phi) is 7.94. The standard InChI is InChI=1S/C31H39N5O3S/c37-28(22-35-21-27(33-30(35)40)23-7-3-1-4-8-23)36(26-13-14-26)31(15-5-2-6-16-31)29(38)32-24-9-11-25(12-10-24)34-17-19-39-20-18-34/h1,3-4,7-12,26-27H,2,5-6,13-22H2,(H,32,38)(H,33,40)/t27-/m1/s1. The molecule has 2 aromatic carbocycles. The van der Waals surface area contributed by atoms with Crippen molar-refractivity contribution < 1.29 is 14.3 Å². The molecule has 2 heterocycles. The summed E-state index contributed by atoms with van der Waals surface area (Å²) >= 11 is 5.64. The number of benzene rings is 2. The lowest BCUT2D eigenvalue weighted by Crippen LogP contribution is -2.62. The van der Waals surface area contributed by atoms with E-state index in [0.29, 0.717) is 24.5 Å². The minimum Gasteiger partial charge on any atom is -0.378 e. The van der Waals surface area contributed by atoms with Crippen LogP contribution in [0.4, 0.5) is 11.4 Å². The Bertz CT molecular complexity index is 1210. The molecule has 2 N–H and O–H groups in total. The summed E-state index contributed by atoms with van der Waals surface area (Å²) < 4.78 is 5.47. The largest absolute Gasteiger partial charge is 0.378 e. The average Bonchev–Trinajstić information content (AvgIpc) is 3.76. The zero-order valence-corrected chi connectivity index (χ0v) is 23.8. The van der Waals surface area contributed by atoms with Crippen LogP contribution in [0.3, 0.4) is 0 Å². The second-order valence-electron chi connectivity index (χ2n) is 11.5. The van der Waals surface area contributed by atoms with Gasteiger partial charge in [-0.25, -0.2) is 0 Å². The van der Waals surface area contributed by atoms with Gasteiger partial charge in [-0.15, -0.1) is 0 Å². The Balaban J connectivity index is 1.17. The van der Waals surface area contributed by atoms with Crippen molar-refractivity contribution in [3.63, 3.8) is 0 Å². The van der Waals surface area contributed by atoms with Crippen LogP contribution in [0.5, 0.6) is 0 Å². The van der Waals surface area contributed by atoms with Crippen LogP contribution in [0.2, 0.25) is 0 Å². The summed E-state index contributed by atoms with van der Waals surface area (Å²) in [6.45, 7) is 4.04. The van der Waals surface area contributed by atoms with Crippen molar-refractivity contribution in [2.45, 2.75) is 62.6 Å². The highest BCUT2D eigenvalue weighted by Crippen LogP contribution is 2.42. The number of morpholine rings is 1. The topological polar surface area (TPSA) is 77.2 Å². The fraction of sp³-hybridized carbons (Fsp3) is 0.516. The molecular weight excluding hydrogens is 522 g/mol. The summed E-state index contributed by atoms with van der Waals surface area (Å²) in [5.74, 6) is -0.0593. The first-order valence-corrected chi connectivity index (χ1v) is 15.1. The van der Waals surface area contributed by atoms with Gasteiger partial charge in [0, 0.05) is 37.1 Å². The number of hydrogen-bond acceptors (Lipinski definition) is 5. The highest BCUT2D eigenvalue weighted by molar-refractivity contribution is 7.80. The number of rotatable bonds is 8. The lowest BCUT2D eigenvalue weighted by atomic mass is 9.79. The number of ether oxygens (including phenoxy) is 1. The third-order valence-corrected chi connectivity index (χ3v) is 9.14. The maximum atomic E-state index is 14.1. The number of nitrogens with one attached hydrogen (secondary N) is 2. The van der Waals surface area contributed by atoms with Crippen LogP contribution in [0, 0.1) is 0 Å². The van der Waals surface area contributed by atoms with Crippen molar-refractivity contribution in [2.24, 2.45) is 0 Å². The van der Waals surface area contributed by atoms with E-state index in [1.54, 1.807) is 0 Å². The van der Waals surface area contributed by atoms with Crippen LogP contribution >= 0.6 is 12.2 Å². The van der Waals surface area contributed by atoms with Gasteiger partial charge in [-0.2, -0.15) is 0 Å². The molecule has 6 rings (SSSR count). The molecule has 0 aromatic heterocycles. The van der Waals surface area contributed by atoms with Crippen molar-refractivity contribution >= 4 is 40.5 Å². The first-order chi connectivity index (χ1) is 19.5. The fourth-order valence-corrected chi connectivity index (χ4v) is 6.78. The molecule has 4 aliphatic rings. The van der Waals surface area contributed by atoms with E-state index in [1.807, 2.05) is 40.1 Å². The molecule has 2 aliphatic heterocycles. The van der Waals surface area contributed by atoms with E-state index in [1.165, 1.54) is 0 Å². The molecule has 40 heavy (non-hydrogen) atoms. The van der Waals surface area contributed by atoms with Gasteiger partial charge in [0.2, 0.25) is 11.8 Å². The number of carbonyl (C=O) groups excluding carboxylic acids is 2. The Hall–Kier alpha value is -3.17. The third-order valence-electron chi connectivity index (χ3n) is 8.76. The minimum atomic E-state index is -0.826. The number of nitrogens with zero attached hydrogens (tertiary/aromatic N) is 3. The van der Waals surface area contributed by atoms with Crippen molar-refractivity contribution in [1.82, 2.24) is 15.1 Å². The van der Waals surface area contributed by atoms with E-state index in [2.05, 4.69) is 39.8 Å². The van der Waals surface area contributed by atoms with Crippen molar-refractivity contribution in [2.75, 3.05) is 49.6 Å². The van der Waals surface area contributed by atoms with E-state index in [9.17, 15) is 9.59 Å². The highest BCUT2D eigenvalue weighted by Gasteiger charge is 2.52. The van der Waals surface area contributed by atoms with E-state index >= 15 is 0 Å². The van der Waals surface area contributed by atoms with Gasteiger partial charge >= 0.3 is 0 Å². The third kappa shape index (κ3) is 5.67. The molecule has 0 bridgehead atoms. The molecule has 0 unspecified atom stereocenters. The van der Waals surface area contributed by atoms with Gasteiger partial charge < -0.3 is 30.1 Å². The number of thiocarbonyl (C=S) groups is 1. The highest BCUT2D eigenvalue weighted by atomic mass is 32.1. The molecular formula is C31H39N5O3S. The predicted octanol–water partition coefficient (Wildman–Crippen LogP) is 4.09. The maximum Gasteiger partial charge on any atom is 0.250 e. The second-order valence-corrected chi connectivity index (χ2v) is 11.9. The second kappa shape index (κ2) is 11.7. The summed E-state index contributed by atoms with van der Waals surface area (Å²) in [6, 6.07) is 18.4. The summed E-state index contributed by atoms with van der Waals surface area (Å²) in [7, 11) is 0. The van der Waals surface area contributed by atoms with Crippen LogP contribution in [0.25, 0.3) is 0 Å². The molecule has 8 nitrogen and oxygen atoms in total. The quantitative estimate of drug-likeness (QED) is 0.470. The summed E-state index contributed by atoms with van der Waals surface area (Å²) in [4.78, 5) is 34.4. The first kappa shape index (κ1) is 27.0. The monoisotopic (exact) mass is 561 g/mol.